The Bertz CT molecular complexity index is 573. The van der Waals surface area contributed by atoms with Crippen molar-refractivity contribution in [1.29, 1.82) is 0 Å². The van der Waals surface area contributed by atoms with Crippen molar-refractivity contribution in [1.82, 2.24) is 5.32 Å². The number of thioether (sulfide) groups is 1. The molecular formula is C17H21NS2. The van der Waals surface area contributed by atoms with Crippen molar-refractivity contribution in [3.05, 3.63) is 52.4 Å². The van der Waals surface area contributed by atoms with Gasteiger partial charge in [0.1, 0.15) is 0 Å². The van der Waals surface area contributed by atoms with Gasteiger partial charge in [0, 0.05) is 17.3 Å². The summed E-state index contributed by atoms with van der Waals surface area (Å²) >= 11 is 3.91. The largest absolute Gasteiger partial charge is 0.303 e. The fraction of sp³-hybridized carbons (Fsp3) is 0.412. The van der Waals surface area contributed by atoms with Crippen LogP contribution < -0.4 is 5.32 Å². The second-order valence-corrected chi connectivity index (χ2v) is 8.30. The molecule has 0 aliphatic carbocycles. The van der Waals surface area contributed by atoms with Gasteiger partial charge in [0.05, 0.1) is 4.21 Å². The molecule has 2 unspecified atom stereocenters. The van der Waals surface area contributed by atoms with Crippen molar-refractivity contribution in [2.75, 3.05) is 0 Å². The molecule has 0 fully saturated rings. The third-order valence-corrected chi connectivity index (χ3v) is 6.28. The maximum atomic E-state index is 3.82. The van der Waals surface area contributed by atoms with E-state index in [9.17, 15) is 0 Å². The Morgan fingerprint density at radius 3 is 2.70 bits per heavy atom. The lowest BCUT2D eigenvalue weighted by atomic mass is 10.0. The van der Waals surface area contributed by atoms with Gasteiger partial charge in [-0.1, -0.05) is 36.8 Å². The maximum absolute atomic E-state index is 3.82. The predicted octanol–water partition coefficient (Wildman–Crippen LogP) is 5.33. The molecule has 3 heteroatoms. The SMILES string of the molecule is Cc1ccc(C(C)NC2C[C@H](C)Sc3sccc32)cc1. The molecule has 20 heavy (non-hydrogen) atoms. The van der Waals surface area contributed by atoms with E-state index in [1.165, 1.54) is 27.3 Å². The van der Waals surface area contributed by atoms with Crippen molar-refractivity contribution in [3.8, 4) is 0 Å². The van der Waals surface area contributed by atoms with Gasteiger partial charge in [0.25, 0.3) is 0 Å². The Labute approximate surface area is 129 Å². The van der Waals surface area contributed by atoms with E-state index in [0.717, 1.165) is 0 Å². The van der Waals surface area contributed by atoms with Crippen LogP contribution in [-0.4, -0.2) is 5.25 Å². The Morgan fingerprint density at radius 1 is 1.20 bits per heavy atom. The van der Waals surface area contributed by atoms with E-state index in [0.29, 0.717) is 17.3 Å². The van der Waals surface area contributed by atoms with E-state index < -0.39 is 0 Å². The summed E-state index contributed by atoms with van der Waals surface area (Å²) in [4.78, 5) is 0. The molecule has 0 saturated carbocycles. The van der Waals surface area contributed by atoms with Crippen LogP contribution in [0.3, 0.4) is 0 Å². The Kier molecular flexibility index (Phi) is 4.20. The Balaban J connectivity index is 1.76. The lowest BCUT2D eigenvalue weighted by molar-refractivity contribution is 0.435. The number of fused-ring (bicyclic) bond motifs is 1. The molecule has 2 aromatic rings. The van der Waals surface area contributed by atoms with Crippen LogP contribution in [0.15, 0.2) is 39.9 Å². The molecule has 0 bridgehead atoms. The van der Waals surface area contributed by atoms with E-state index >= 15 is 0 Å². The van der Waals surface area contributed by atoms with Crippen molar-refractivity contribution in [2.45, 2.75) is 48.7 Å². The number of benzene rings is 1. The molecule has 1 aromatic carbocycles. The minimum Gasteiger partial charge on any atom is -0.303 e. The van der Waals surface area contributed by atoms with Gasteiger partial charge >= 0.3 is 0 Å². The Hall–Kier alpha value is -0.770. The highest BCUT2D eigenvalue weighted by Crippen LogP contribution is 2.44. The molecule has 0 radical (unpaired) electrons. The molecule has 1 aliphatic heterocycles. The molecule has 1 N–H and O–H groups in total. The number of hydrogen-bond donors (Lipinski definition) is 1. The zero-order valence-electron chi connectivity index (χ0n) is 12.2. The Morgan fingerprint density at radius 2 is 1.95 bits per heavy atom. The number of nitrogens with one attached hydrogen (secondary N) is 1. The van der Waals surface area contributed by atoms with Gasteiger partial charge < -0.3 is 5.32 Å². The third kappa shape index (κ3) is 2.95. The van der Waals surface area contributed by atoms with Crippen LogP contribution in [0.25, 0.3) is 0 Å². The molecule has 106 valence electrons. The molecule has 0 amide bonds. The second kappa shape index (κ2) is 5.92. The number of thiophene rings is 1. The van der Waals surface area contributed by atoms with E-state index in [1.807, 2.05) is 23.1 Å². The van der Waals surface area contributed by atoms with Gasteiger partial charge in [-0.2, -0.15) is 0 Å². The van der Waals surface area contributed by atoms with Gasteiger partial charge in [-0.15, -0.1) is 23.1 Å². The van der Waals surface area contributed by atoms with E-state index in [2.05, 4.69) is 61.8 Å². The molecular weight excluding hydrogens is 282 g/mol. The monoisotopic (exact) mass is 303 g/mol. The van der Waals surface area contributed by atoms with Gasteiger partial charge in [-0.3, -0.25) is 0 Å². The highest BCUT2D eigenvalue weighted by molar-refractivity contribution is 8.01. The van der Waals surface area contributed by atoms with Crippen LogP contribution in [-0.2, 0) is 0 Å². The second-order valence-electron chi connectivity index (χ2n) is 5.68. The van der Waals surface area contributed by atoms with Gasteiger partial charge in [-0.05, 0) is 42.8 Å². The minimum atomic E-state index is 0.392. The lowest BCUT2D eigenvalue weighted by Crippen LogP contribution is -2.28. The van der Waals surface area contributed by atoms with E-state index in [-0.39, 0.29) is 0 Å². The minimum absolute atomic E-state index is 0.392. The zero-order chi connectivity index (χ0) is 14.1. The third-order valence-electron chi connectivity index (χ3n) is 3.94. The number of aryl methyl sites for hydroxylation is 1. The lowest BCUT2D eigenvalue weighted by Gasteiger charge is -2.30. The average molecular weight is 303 g/mol. The standard InChI is InChI=1S/C17H21NS2/c1-11-4-6-14(7-5-11)13(3)18-16-10-12(2)20-17-15(16)8-9-19-17/h4-9,12-13,16,18H,10H2,1-3H3/t12-,13?,16?/m0/s1. The van der Waals surface area contributed by atoms with Crippen LogP contribution >= 0.6 is 23.1 Å². The molecule has 1 aliphatic rings. The summed E-state index contributed by atoms with van der Waals surface area (Å²) in [6.45, 7) is 6.74. The zero-order valence-corrected chi connectivity index (χ0v) is 13.9. The molecule has 1 nitrogen and oxygen atoms in total. The number of hydrogen-bond acceptors (Lipinski definition) is 3. The van der Waals surface area contributed by atoms with Gasteiger partial charge in [0.15, 0.2) is 0 Å². The van der Waals surface area contributed by atoms with Crippen molar-refractivity contribution < 1.29 is 0 Å². The smallest absolute Gasteiger partial charge is 0.0649 e. The van der Waals surface area contributed by atoms with Crippen molar-refractivity contribution in [3.63, 3.8) is 0 Å². The first-order valence-electron chi connectivity index (χ1n) is 7.20. The quantitative estimate of drug-likeness (QED) is 0.822. The molecule has 3 atom stereocenters. The predicted molar refractivity (Wildman–Crippen MR) is 89.7 cm³/mol. The van der Waals surface area contributed by atoms with Crippen molar-refractivity contribution in [2.24, 2.45) is 0 Å². The first-order valence-corrected chi connectivity index (χ1v) is 8.96. The molecule has 1 aromatic heterocycles. The first-order chi connectivity index (χ1) is 9.63. The summed E-state index contributed by atoms with van der Waals surface area (Å²) in [5.41, 5.74) is 4.19. The fourth-order valence-corrected chi connectivity index (χ4v) is 5.33. The van der Waals surface area contributed by atoms with Crippen LogP contribution in [0.4, 0.5) is 0 Å². The summed E-state index contributed by atoms with van der Waals surface area (Å²) < 4.78 is 1.50. The molecule has 3 rings (SSSR count). The summed E-state index contributed by atoms with van der Waals surface area (Å²) in [7, 11) is 0. The fourth-order valence-electron chi connectivity index (χ4n) is 2.76. The highest BCUT2D eigenvalue weighted by Gasteiger charge is 2.27. The van der Waals surface area contributed by atoms with E-state index in [1.54, 1.807) is 0 Å². The van der Waals surface area contributed by atoms with Crippen LogP contribution in [0.1, 0.15) is 49.0 Å². The van der Waals surface area contributed by atoms with E-state index in [4.69, 9.17) is 0 Å². The summed E-state index contributed by atoms with van der Waals surface area (Å²) in [5.74, 6) is 0. The molecule has 2 heterocycles. The van der Waals surface area contributed by atoms with Crippen LogP contribution in [0.5, 0.6) is 0 Å². The number of rotatable bonds is 3. The summed E-state index contributed by atoms with van der Waals surface area (Å²) in [6, 6.07) is 12.0. The maximum Gasteiger partial charge on any atom is 0.0649 e. The van der Waals surface area contributed by atoms with Crippen LogP contribution in [0, 0.1) is 6.92 Å². The van der Waals surface area contributed by atoms with Crippen molar-refractivity contribution >= 4 is 23.1 Å². The van der Waals surface area contributed by atoms with Gasteiger partial charge in [0.2, 0.25) is 0 Å². The first kappa shape index (κ1) is 14.2. The normalized spacial score (nSPS) is 23.4. The summed E-state index contributed by atoms with van der Waals surface area (Å²) in [5, 5.41) is 6.74. The summed E-state index contributed by atoms with van der Waals surface area (Å²) in [6.07, 6.45) is 1.21. The molecule has 0 spiro atoms. The average Bonchev–Trinajstić information content (AvgIpc) is 2.87. The van der Waals surface area contributed by atoms with Crippen LogP contribution in [0.2, 0.25) is 0 Å². The highest BCUT2D eigenvalue weighted by atomic mass is 32.2. The topological polar surface area (TPSA) is 12.0 Å². The van der Waals surface area contributed by atoms with Gasteiger partial charge in [-0.25, -0.2) is 0 Å². The molecule has 0 saturated heterocycles.